The van der Waals surface area contributed by atoms with Crippen LogP contribution in [0, 0.1) is 13.8 Å². The van der Waals surface area contributed by atoms with Crippen molar-refractivity contribution in [3.8, 4) is 17.2 Å². The summed E-state index contributed by atoms with van der Waals surface area (Å²) in [6.07, 6.45) is 0. The molecule has 0 fully saturated rings. The van der Waals surface area contributed by atoms with Crippen molar-refractivity contribution in [3.05, 3.63) is 47.0 Å². The van der Waals surface area contributed by atoms with E-state index in [4.69, 9.17) is 26.4 Å². The summed E-state index contributed by atoms with van der Waals surface area (Å²) in [5.41, 5.74) is 7.64. The van der Waals surface area contributed by atoms with Gasteiger partial charge in [-0.25, -0.2) is 0 Å². The van der Waals surface area contributed by atoms with E-state index >= 15 is 0 Å². The normalized spacial score (nSPS) is 11.0. The first-order chi connectivity index (χ1) is 12.9. The Labute approximate surface area is 165 Å². The zero-order valence-electron chi connectivity index (χ0n) is 16.5. The minimum absolute atomic E-state index is 0.412. The molecule has 144 valence electrons. The SMILES string of the molecule is COc1cc(C(C)=NNC(=S)Nc2cc(C)ccc2C)cc(OC)c1OC. The molecule has 6 nitrogen and oxygen atoms in total. The number of nitrogens with one attached hydrogen (secondary N) is 2. The second-order valence-electron chi connectivity index (χ2n) is 6.00. The van der Waals surface area contributed by atoms with E-state index in [9.17, 15) is 0 Å². The predicted octanol–water partition coefficient (Wildman–Crippen LogP) is 4.04. The van der Waals surface area contributed by atoms with Crippen molar-refractivity contribution >= 4 is 28.7 Å². The van der Waals surface area contributed by atoms with Crippen LogP contribution in [0.3, 0.4) is 0 Å². The fraction of sp³-hybridized carbons (Fsp3) is 0.300. The molecule has 0 spiro atoms. The van der Waals surface area contributed by atoms with E-state index in [1.807, 2.05) is 45.0 Å². The Hall–Kier alpha value is -2.80. The molecule has 0 radical (unpaired) electrons. The summed E-state index contributed by atoms with van der Waals surface area (Å²) in [7, 11) is 4.73. The number of ether oxygens (including phenoxy) is 3. The van der Waals surface area contributed by atoms with Crippen LogP contribution in [0.15, 0.2) is 35.4 Å². The highest BCUT2D eigenvalue weighted by atomic mass is 32.1. The topological polar surface area (TPSA) is 64.1 Å². The summed E-state index contributed by atoms with van der Waals surface area (Å²) >= 11 is 5.35. The summed E-state index contributed by atoms with van der Waals surface area (Å²) in [6, 6.07) is 9.82. The fourth-order valence-electron chi connectivity index (χ4n) is 2.51. The number of thiocarbonyl (C=S) groups is 1. The molecule has 2 aromatic rings. The largest absolute Gasteiger partial charge is 0.493 e. The van der Waals surface area contributed by atoms with E-state index in [1.165, 1.54) is 0 Å². The standard InChI is InChI=1S/C20H25N3O3S/c1-12-7-8-13(2)16(9-12)21-20(27)23-22-14(3)15-10-17(24-4)19(26-6)18(11-15)25-5/h7-11H,1-6H3,(H2,21,23,27). The van der Waals surface area contributed by atoms with Crippen LogP contribution in [0.2, 0.25) is 0 Å². The Kier molecular flexibility index (Phi) is 7.01. The average Bonchev–Trinajstić information content (AvgIpc) is 2.67. The van der Waals surface area contributed by atoms with Crippen molar-refractivity contribution in [1.82, 2.24) is 5.43 Å². The van der Waals surface area contributed by atoms with Crippen LogP contribution in [0.25, 0.3) is 0 Å². The number of anilines is 1. The quantitative estimate of drug-likeness (QED) is 0.443. The fourth-order valence-corrected chi connectivity index (χ4v) is 2.67. The molecular weight excluding hydrogens is 362 g/mol. The summed E-state index contributed by atoms with van der Waals surface area (Å²) in [5.74, 6) is 1.67. The smallest absolute Gasteiger partial charge is 0.203 e. The van der Waals surface area contributed by atoms with E-state index in [0.29, 0.717) is 22.4 Å². The molecule has 0 aliphatic heterocycles. The number of methoxy groups -OCH3 is 3. The Bertz CT molecular complexity index is 841. The molecule has 2 rings (SSSR count). The predicted molar refractivity (Wildman–Crippen MR) is 114 cm³/mol. The van der Waals surface area contributed by atoms with Crippen LogP contribution < -0.4 is 25.0 Å². The first-order valence-corrected chi connectivity index (χ1v) is 8.79. The van der Waals surface area contributed by atoms with Gasteiger partial charge in [-0.1, -0.05) is 12.1 Å². The maximum absolute atomic E-state index is 5.38. The molecule has 0 aliphatic carbocycles. The van der Waals surface area contributed by atoms with E-state index < -0.39 is 0 Å². The van der Waals surface area contributed by atoms with Gasteiger partial charge in [0.25, 0.3) is 0 Å². The molecule has 2 aromatic carbocycles. The molecule has 0 aromatic heterocycles. The van der Waals surface area contributed by atoms with Crippen molar-refractivity contribution in [2.75, 3.05) is 26.6 Å². The Morgan fingerprint density at radius 1 is 0.963 bits per heavy atom. The Morgan fingerprint density at radius 3 is 2.15 bits per heavy atom. The molecule has 7 heteroatoms. The number of benzene rings is 2. The summed E-state index contributed by atoms with van der Waals surface area (Å²) in [4.78, 5) is 0. The van der Waals surface area contributed by atoms with Crippen LogP contribution in [0.4, 0.5) is 5.69 Å². The van der Waals surface area contributed by atoms with Crippen LogP contribution >= 0.6 is 12.2 Å². The molecule has 0 amide bonds. The van der Waals surface area contributed by atoms with E-state index in [0.717, 1.165) is 28.1 Å². The lowest BCUT2D eigenvalue weighted by atomic mass is 10.1. The van der Waals surface area contributed by atoms with Gasteiger partial charge >= 0.3 is 0 Å². The lowest BCUT2D eigenvalue weighted by molar-refractivity contribution is 0.324. The third kappa shape index (κ3) is 5.10. The van der Waals surface area contributed by atoms with Gasteiger partial charge in [0.1, 0.15) is 0 Å². The number of hydrazone groups is 1. The first-order valence-electron chi connectivity index (χ1n) is 8.38. The molecule has 0 aliphatic rings. The lowest BCUT2D eigenvalue weighted by Gasteiger charge is -2.14. The van der Waals surface area contributed by atoms with Gasteiger partial charge in [-0.15, -0.1) is 0 Å². The third-order valence-electron chi connectivity index (χ3n) is 4.05. The number of hydrogen-bond donors (Lipinski definition) is 2. The molecular formula is C20H25N3O3S. The first kappa shape index (κ1) is 20.5. The summed E-state index contributed by atoms with van der Waals surface area (Å²) < 4.78 is 16.1. The van der Waals surface area contributed by atoms with E-state index in [2.05, 4.69) is 21.9 Å². The van der Waals surface area contributed by atoms with Crippen LogP contribution in [0.5, 0.6) is 17.2 Å². The van der Waals surface area contributed by atoms with Gasteiger partial charge in [-0.3, -0.25) is 5.43 Å². The highest BCUT2D eigenvalue weighted by Crippen LogP contribution is 2.38. The molecule has 2 N–H and O–H groups in total. The summed E-state index contributed by atoms with van der Waals surface area (Å²) in [6.45, 7) is 5.93. The van der Waals surface area contributed by atoms with Gasteiger partial charge < -0.3 is 19.5 Å². The van der Waals surface area contributed by atoms with Crippen molar-refractivity contribution in [2.24, 2.45) is 5.10 Å². The maximum Gasteiger partial charge on any atom is 0.203 e. The zero-order valence-corrected chi connectivity index (χ0v) is 17.3. The zero-order chi connectivity index (χ0) is 20.0. The third-order valence-corrected chi connectivity index (χ3v) is 4.24. The maximum atomic E-state index is 5.38. The van der Waals surface area contributed by atoms with Gasteiger partial charge in [0.05, 0.1) is 27.0 Å². The van der Waals surface area contributed by atoms with Crippen molar-refractivity contribution < 1.29 is 14.2 Å². The molecule has 0 heterocycles. The highest BCUT2D eigenvalue weighted by Gasteiger charge is 2.14. The van der Waals surface area contributed by atoms with Gasteiger partial charge in [-0.2, -0.15) is 5.10 Å². The second kappa shape index (κ2) is 9.23. The van der Waals surface area contributed by atoms with Gasteiger partial charge in [0.15, 0.2) is 16.6 Å². The molecule has 0 bridgehead atoms. The minimum Gasteiger partial charge on any atom is -0.493 e. The summed E-state index contributed by atoms with van der Waals surface area (Å²) in [5, 5.41) is 7.94. The van der Waals surface area contributed by atoms with E-state index in [1.54, 1.807) is 21.3 Å². The van der Waals surface area contributed by atoms with Crippen LogP contribution in [0.1, 0.15) is 23.6 Å². The molecule has 0 saturated heterocycles. The lowest BCUT2D eigenvalue weighted by Crippen LogP contribution is -2.25. The van der Waals surface area contributed by atoms with Crippen LogP contribution in [-0.4, -0.2) is 32.2 Å². The van der Waals surface area contributed by atoms with Crippen molar-refractivity contribution in [2.45, 2.75) is 20.8 Å². The van der Waals surface area contributed by atoms with Gasteiger partial charge in [-0.05, 0) is 62.3 Å². The second-order valence-corrected chi connectivity index (χ2v) is 6.40. The van der Waals surface area contributed by atoms with Crippen molar-refractivity contribution in [3.63, 3.8) is 0 Å². The monoisotopic (exact) mass is 387 g/mol. The van der Waals surface area contributed by atoms with Gasteiger partial charge in [0.2, 0.25) is 5.75 Å². The van der Waals surface area contributed by atoms with Crippen LogP contribution in [-0.2, 0) is 0 Å². The molecule has 0 saturated carbocycles. The number of nitrogens with zero attached hydrogens (tertiary/aromatic N) is 1. The van der Waals surface area contributed by atoms with Crippen molar-refractivity contribution in [1.29, 1.82) is 0 Å². The van der Waals surface area contributed by atoms with E-state index in [-0.39, 0.29) is 0 Å². The minimum atomic E-state index is 0.412. The Balaban J connectivity index is 2.17. The molecule has 0 unspecified atom stereocenters. The number of aryl methyl sites for hydroxylation is 2. The van der Waals surface area contributed by atoms with Gasteiger partial charge in [0, 0.05) is 11.3 Å². The average molecular weight is 388 g/mol. The number of rotatable bonds is 6. The highest BCUT2D eigenvalue weighted by molar-refractivity contribution is 7.80. The molecule has 27 heavy (non-hydrogen) atoms. The molecule has 0 atom stereocenters. The Morgan fingerprint density at radius 2 is 1.59 bits per heavy atom. The number of hydrogen-bond acceptors (Lipinski definition) is 5.